The number of halogens is 1. The molecule has 0 aliphatic rings. The number of furan rings is 2. The molecule has 2 unspecified atom stereocenters. The lowest BCUT2D eigenvalue weighted by molar-refractivity contribution is -0.402. The fourth-order valence-electron chi connectivity index (χ4n) is 3.00. The van der Waals surface area contributed by atoms with Gasteiger partial charge in [0.05, 0.1) is 20.0 Å². The minimum atomic E-state index is -3.34. The van der Waals surface area contributed by atoms with Crippen molar-refractivity contribution in [3.8, 4) is 0 Å². The maximum absolute atomic E-state index is 12.9. The van der Waals surface area contributed by atoms with Gasteiger partial charge in [-0.15, -0.1) is 11.6 Å². The summed E-state index contributed by atoms with van der Waals surface area (Å²) in [7, 11) is 1.97. The van der Waals surface area contributed by atoms with Crippen LogP contribution < -0.4 is 5.09 Å². The molecule has 2 heterocycles. The number of hydrogen-bond donors (Lipinski definition) is 2. The molecule has 0 bridgehead atoms. The quantitative estimate of drug-likeness (QED) is 0.0320. The van der Waals surface area contributed by atoms with E-state index in [1.54, 1.807) is 7.05 Å². The second kappa shape index (κ2) is 25.9. The Balaban J connectivity index is 0.000000797. The van der Waals surface area contributed by atoms with Gasteiger partial charge in [0, 0.05) is 32.2 Å². The summed E-state index contributed by atoms with van der Waals surface area (Å²) in [5.74, 6) is 0.451. The Morgan fingerprint density at radius 2 is 1.49 bits per heavy atom. The van der Waals surface area contributed by atoms with Gasteiger partial charge >= 0.3 is 11.8 Å². The standard InChI is InChI=1S/C12H20BN2O7P.C10H17N2O6P.C4H9Cl/c1-14(6-2-7-16)23(19,10-20-8-5-13)21-9-11-3-4-12(22-11)15(17)18;1-3-6-16-8-19(15,11-2)17-7-9-4-5-10(18-9)12(13)14;1-2-3-4-5/h3-4,16H,2,5-10H2,1H3;4-5H,3,6-8H2,1-2H3,(H,11,15);2-4H2,1H3. The fraction of sp³-hybridized carbons (Fsp3) is 0.692. The van der Waals surface area contributed by atoms with Crippen molar-refractivity contribution in [1.82, 2.24) is 9.76 Å². The zero-order chi connectivity index (χ0) is 35.7. The Bertz CT molecular complexity index is 1240. The van der Waals surface area contributed by atoms with Crippen LogP contribution in [-0.2, 0) is 40.9 Å². The number of aliphatic hydroxyl groups excluding tert-OH is 1. The smallest absolute Gasteiger partial charge is 0.403 e. The van der Waals surface area contributed by atoms with Crippen LogP contribution in [0.5, 0.6) is 0 Å². The minimum Gasteiger partial charge on any atom is -0.403 e. The molecule has 0 fully saturated rings. The first-order chi connectivity index (χ1) is 22.3. The number of unbranched alkanes of at least 4 members (excludes halogenated alkanes) is 1. The summed E-state index contributed by atoms with van der Waals surface area (Å²) in [5, 5.41) is 32.4. The first kappa shape index (κ1) is 44.9. The molecular weight excluding hydrogens is 685 g/mol. The molecule has 2 atom stereocenters. The number of rotatable bonds is 23. The second-order valence-electron chi connectivity index (χ2n) is 9.44. The molecule has 2 aromatic rings. The van der Waals surface area contributed by atoms with Crippen LogP contribution in [0.25, 0.3) is 0 Å². The maximum Gasteiger partial charge on any atom is 0.433 e. The van der Waals surface area contributed by atoms with E-state index in [4.69, 9.17) is 51.9 Å². The summed E-state index contributed by atoms with van der Waals surface area (Å²) in [4.78, 5) is 19.7. The van der Waals surface area contributed by atoms with Gasteiger partial charge < -0.3 is 32.5 Å². The molecule has 0 aliphatic carbocycles. The number of nitrogens with one attached hydrogen (secondary N) is 1. The molecular formula is C26H46BClN4O13P2. The molecule has 0 aromatic carbocycles. The molecule has 0 aliphatic heterocycles. The van der Waals surface area contributed by atoms with E-state index in [2.05, 4.69) is 12.0 Å². The third-order valence-corrected chi connectivity index (χ3v) is 9.89. The van der Waals surface area contributed by atoms with Gasteiger partial charge in [-0.25, -0.2) is 9.76 Å². The van der Waals surface area contributed by atoms with E-state index in [1.165, 1.54) is 42.4 Å². The van der Waals surface area contributed by atoms with E-state index < -0.39 is 30.8 Å². The lowest BCUT2D eigenvalue weighted by Crippen LogP contribution is -2.22. The van der Waals surface area contributed by atoms with Crippen molar-refractivity contribution in [2.24, 2.45) is 0 Å². The first-order valence-corrected chi connectivity index (χ1v) is 18.8. The van der Waals surface area contributed by atoms with Gasteiger partial charge in [-0.1, -0.05) is 26.6 Å². The van der Waals surface area contributed by atoms with E-state index in [0.717, 1.165) is 18.7 Å². The lowest BCUT2D eigenvalue weighted by Gasteiger charge is -2.27. The van der Waals surface area contributed by atoms with Crippen LogP contribution >= 0.6 is 26.6 Å². The van der Waals surface area contributed by atoms with Crippen LogP contribution in [0.3, 0.4) is 0 Å². The average Bonchev–Trinajstić information content (AvgIpc) is 3.74. The number of hydrogen-bond acceptors (Lipinski definition) is 13. The molecule has 0 saturated heterocycles. The summed E-state index contributed by atoms with van der Waals surface area (Å²) < 4.78 is 57.4. The Morgan fingerprint density at radius 1 is 0.936 bits per heavy atom. The summed E-state index contributed by atoms with van der Waals surface area (Å²) >= 11 is 5.30. The summed E-state index contributed by atoms with van der Waals surface area (Å²) in [5.41, 5.74) is 0. The number of nitro groups is 2. The molecule has 0 amide bonds. The Kier molecular flexibility index (Phi) is 24.7. The Hall–Kier alpha value is -2.11. The molecule has 47 heavy (non-hydrogen) atoms. The highest BCUT2D eigenvalue weighted by molar-refractivity contribution is 7.56. The predicted molar refractivity (Wildman–Crippen MR) is 177 cm³/mol. The second-order valence-corrected chi connectivity index (χ2v) is 14.6. The Labute approximate surface area is 281 Å². The molecule has 2 aromatic heterocycles. The Morgan fingerprint density at radius 3 is 1.89 bits per heavy atom. The summed E-state index contributed by atoms with van der Waals surface area (Å²) in [6.07, 6.45) is 3.66. The highest BCUT2D eigenvalue weighted by Crippen LogP contribution is 2.50. The van der Waals surface area contributed by atoms with Crippen LogP contribution in [-0.4, -0.2) is 86.5 Å². The average molecular weight is 731 g/mol. The maximum atomic E-state index is 12.9. The predicted octanol–water partition coefficient (Wildman–Crippen LogP) is 6.30. The van der Waals surface area contributed by atoms with Crippen molar-refractivity contribution in [2.45, 2.75) is 59.1 Å². The third kappa shape index (κ3) is 19.5. The van der Waals surface area contributed by atoms with E-state index in [9.17, 15) is 29.4 Å². The lowest BCUT2D eigenvalue weighted by atomic mass is 10.1. The highest BCUT2D eigenvalue weighted by atomic mass is 35.5. The van der Waals surface area contributed by atoms with Gasteiger partial charge in [0.2, 0.25) is 0 Å². The monoisotopic (exact) mass is 730 g/mol. The number of alkyl halides is 1. The van der Waals surface area contributed by atoms with Crippen LogP contribution in [0.15, 0.2) is 33.1 Å². The van der Waals surface area contributed by atoms with Crippen molar-refractivity contribution in [3.05, 3.63) is 56.0 Å². The van der Waals surface area contributed by atoms with Crippen LogP contribution in [0, 0.1) is 20.2 Å². The SMILES string of the molecule is CCCCCl.CCCOCP(=O)(NC)OCc1ccc([N+](=O)[O-])o1.[B]CCOCP(=O)(OCc1ccc([N+](=O)[O-])o1)N(C)CCCO. The van der Waals surface area contributed by atoms with Gasteiger partial charge in [0.15, 0.2) is 0 Å². The molecule has 0 spiro atoms. The number of nitrogens with zero attached hydrogens (tertiary/aromatic N) is 3. The van der Waals surface area contributed by atoms with Crippen molar-refractivity contribution < 1.29 is 51.4 Å². The van der Waals surface area contributed by atoms with Gasteiger partial charge in [0.1, 0.15) is 47.3 Å². The molecule has 21 heteroatoms. The van der Waals surface area contributed by atoms with Gasteiger partial charge in [-0.05, 0) is 45.5 Å². The van der Waals surface area contributed by atoms with E-state index in [-0.39, 0.29) is 62.8 Å². The van der Waals surface area contributed by atoms with E-state index in [0.29, 0.717) is 19.6 Å². The van der Waals surface area contributed by atoms with Gasteiger partial charge in [-0.3, -0.25) is 29.4 Å². The van der Waals surface area contributed by atoms with Gasteiger partial charge in [0.25, 0.3) is 15.0 Å². The molecule has 268 valence electrons. The molecule has 2 N–H and O–H groups in total. The van der Waals surface area contributed by atoms with Crippen molar-refractivity contribution in [3.63, 3.8) is 0 Å². The number of ether oxygens (including phenoxy) is 2. The van der Waals surface area contributed by atoms with Crippen LogP contribution in [0.1, 0.15) is 51.1 Å². The zero-order valence-electron chi connectivity index (χ0n) is 27.2. The molecule has 17 nitrogen and oxygen atoms in total. The number of aliphatic hydroxyl groups is 1. The summed E-state index contributed by atoms with van der Waals surface area (Å²) in [6.45, 7) is 4.77. The van der Waals surface area contributed by atoms with Crippen molar-refractivity contribution in [1.29, 1.82) is 0 Å². The van der Waals surface area contributed by atoms with Gasteiger partial charge in [-0.2, -0.15) is 0 Å². The largest absolute Gasteiger partial charge is 0.433 e. The summed E-state index contributed by atoms with van der Waals surface area (Å²) in [6, 6.07) is 5.21. The van der Waals surface area contributed by atoms with E-state index >= 15 is 0 Å². The topological polar surface area (TPSA) is 219 Å². The first-order valence-electron chi connectivity index (χ1n) is 14.7. The zero-order valence-corrected chi connectivity index (χ0v) is 29.8. The third-order valence-electron chi connectivity index (χ3n) is 5.59. The minimum absolute atomic E-state index is 0.0433. The normalized spacial score (nSPS) is 13.5. The fourth-order valence-corrected chi connectivity index (χ4v) is 5.90. The van der Waals surface area contributed by atoms with Crippen LogP contribution in [0.2, 0.25) is 6.32 Å². The molecule has 0 saturated carbocycles. The van der Waals surface area contributed by atoms with Crippen molar-refractivity contribution >= 4 is 46.3 Å². The molecule has 2 radical (unpaired) electrons. The molecule has 2 rings (SSSR count). The van der Waals surface area contributed by atoms with Crippen molar-refractivity contribution in [2.75, 3.05) is 59.0 Å². The van der Waals surface area contributed by atoms with Crippen LogP contribution in [0.4, 0.5) is 11.8 Å². The van der Waals surface area contributed by atoms with E-state index in [1.807, 2.05) is 6.92 Å². The highest BCUT2D eigenvalue weighted by Gasteiger charge is 2.30.